The molecule has 0 radical (unpaired) electrons. The second-order valence-corrected chi connectivity index (χ2v) is 8.64. The Bertz CT molecular complexity index is 559. The smallest absolute Gasteiger partial charge is 0.105 e. The predicted octanol–water partition coefficient (Wildman–Crippen LogP) is 2.71. The molecule has 0 aromatic carbocycles. The van der Waals surface area contributed by atoms with Crippen LogP contribution in [0.25, 0.3) is 0 Å². The maximum absolute atomic E-state index is 6.24. The molecule has 0 bridgehead atoms. The second-order valence-electron chi connectivity index (χ2n) is 6.91. The summed E-state index contributed by atoms with van der Waals surface area (Å²) in [6.45, 7) is 0.963. The SMILES string of the molecule is NC1NC2CCC(C3CCCN=C3C3=CC(Cl)=CCC3)NC2S1. The highest BCUT2D eigenvalue weighted by molar-refractivity contribution is 8.00. The highest BCUT2D eigenvalue weighted by atomic mass is 35.5. The highest BCUT2D eigenvalue weighted by Crippen LogP contribution is 2.36. The third-order valence-corrected chi connectivity index (χ3v) is 6.84. The summed E-state index contributed by atoms with van der Waals surface area (Å²) in [5.41, 5.74) is 8.79. The standard InChI is InChI=1S/C17H25ClN4S/c18-11-4-1-3-10(9-11)15-12(5-2-8-20-15)13-6-7-14-16(21-13)23-17(19)22-14/h4,9,12-14,16-17,21-22H,1-3,5-8,19H2. The summed E-state index contributed by atoms with van der Waals surface area (Å²) in [6, 6.07) is 1.03. The van der Waals surface area contributed by atoms with Crippen LogP contribution in [0.5, 0.6) is 0 Å². The molecule has 126 valence electrons. The number of nitrogens with two attached hydrogens (primary N) is 1. The topological polar surface area (TPSA) is 62.4 Å². The number of nitrogens with zero attached hydrogens (tertiary/aromatic N) is 1. The summed E-state index contributed by atoms with van der Waals surface area (Å²) in [7, 11) is 0. The molecule has 0 saturated carbocycles. The van der Waals surface area contributed by atoms with E-state index in [1.165, 1.54) is 37.0 Å². The van der Waals surface area contributed by atoms with E-state index < -0.39 is 0 Å². The van der Waals surface area contributed by atoms with E-state index in [2.05, 4.69) is 22.8 Å². The van der Waals surface area contributed by atoms with Crippen molar-refractivity contribution in [3.8, 4) is 0 Å². The molecule has 2 fully saturated rings. The van der Waals surface area contributed by atoms with Crippen LogP contribution in [0.15, 0.2) is 27.7 Å². The van der Waals surface area contributed by atoms with Crippen molar-refractivity contribution in [1.29, 1.82) is 0 Å². The van der Waals surface area contributed by atoms with Crippen LogP contribution in [-0.2, 0) is 0 Å². The van der Waals surface area contributed by atoms with E-state index in [1.54, 1.807) is 0 Å². The molecule has 5 atom stereocenters. The van der Waals surface area contributed by atoms with E-state index in [4.69, 9.17) is 22.3 Å². The Balaban J connectivity index is 1.52. The molecule has 4 nitrogen and oxygen atoms in total. The fourth-order valence-corrected chi connectivity index (χ4v) is 5.78. The van der Waals surface area contributed by atoms with Gasteiger partial charge in [-0.3, -0.25) is 10.3 Å². The van der Waals surface area contributed by atoms with Crippen molar-refractivity contribution in [2.45, 2.75) is 61.5 Å². The lowest BCUT2D eigenvalue weighted by Gasteiger charge is -2.39. The molecule has 6 heteroatoms. The van der Waals surface area contributed by atoms with Gasteiger partial charge in [0.15, 0.2) is 0 Å². The summed E-state index contributed by atoms with van der Waals surface area (Å²) >= 11 is 8.07. The first-order valence-corrected chi connectivity index (χ1v) is 10.1. The van der Waals surface area contributed by atoms with Crippen LogP contribution < -0.4 is 16.4 Å². The van der Waals surface area contributed by atoms with Gasteiger partial charge in [-0.15, -0.1) is 11.8 Å². The van der Waals surface area contributed by atoms with Crippen molar-refractivity contribution in [3.05, 3.63) is 22.8 Å². The van der Waals surface area contributed by atoms with Gasteiger partial charge in [0.05, 0.1) is 5.37 Å². The molecule has 0 amide bonds. The van der Waals surface area contributed by atoms with Gasteiger partial charge in [-0.1, -0.05) is 17.7 Å². The average Bonchev–Trinajstić information content (AvgIpc) is 2.94. The van der Waals surface area contributed by atoms with Gasteiger partial charge >= 0.3 is 0 Å². The molecule has 4 rings (SSSR count). The average molecular weight is 353 g/mol. The predicted molar refractivity (Wildman–Crippen MR) is 98.7 cm³/mol. The summed E-state index contributed by atoms with van der Waals surface area (Å²) in [5, 5.41) is 8.64. The Kier molecular flexibility index (Phi) is 4.84. The van der Waals surface area contributed by atoms with Gasteiger partial charge in [-0.25, -0.2) is 0 Å². The van der Waals surface area contributed by atoms with Crippen LogP contribution in [0.1, 0.15) is 38.5 Å². The number of rotatable bonds is 2. The van der Waals surface area contributed by atoms with Crippen LogP contribution >= 0.6 is 23.4 Å². The van der Waals surface area contributed by atoms with E-state index in [9.17, 15) is 0 Å². The minimum Gasteiger partial charge on any atom is -0.307 e. The number of hydrogen-bond donors (Lipinski definition) is 3. The molecule has 3 aliphatic heterocycles. The van der Waals surface area contributed by atoms with E-state index >= 15 is 0 Å². The molecule has 23 heavy (non-hydrogen) atoms. The van der Waals surface area contributed by atoms with E-state index in [1.807, 2.05) is 11.8 Å². The van der Waals surface area contributed by atoms with Gasteiger partial charge < -0.3 is 11.1 Å². The van der Waals surface area contributed by atoms with Gasteiger partial charge in [0.1, 0.15) is 5.50 Å². The third kappa shape index (κ3) is 3.40. The maximum atomic E-state index is 6.24. The fraction of sp³-hybridized carbons (Fsp3) is 0.706. The molecular weight excluding hydrogens is 328 g/mol. The molecule has 0 aromatic rings. The molecule has 2 saturated heterocycles. The molecular formula is C17H25ClN4S. The minimum absolute atomic E-state index is 0.0701. The number of fused-ring (bicyclic) bond motifs is 1. The molecule has 1 aliphatic carbocycles. The summed E-state index contributed by atoms with van der Waals surface area (Å²) < 4.78 is 0. The number of nitrogens with one attached hydrogen (secondary N) is 2. The van der Waals surface area contributed by atoms with Gasteiger partial charge in [0, 0.05) is 35.3 Å². The molecule has 0 spiro atoms. The van der Waals surface area contributed by atoms with Crippen molar-refractivity contribution in [1.82, 2.24) is 10.6 Å². The monoisotopic (exact) mass is 352 g/mol. The molecule has 0 aromatic heterocycles. The van der Waals surface area contributed by atoms with Gasteiger partial charge in [-0.2, -0.15) is 0 Å². The highest BCUT2D eigenvalue weighted by Gasteiger charge is 2.41. The molecule has 4 aliphatic rings. The fourth-order valence-electron chi connectivity index (χ4n) is 4.31. The lowest BCUT2D eigenvalue weighted by atomic mass is 9.79. The lowest BCUT2D eigenvalue weighted by Crippen LogP contribution is -2.54. The number of thioether (sulfide) groups is 1. The lowest BCUT2D eigenvalue weighted by molar-refractivity contribution is 0.275. The van der Waals surface area contributed by atoms with Crippen LogP contribution in [0.4, 0.5) is 0 Å². The largest absolute Gasteiger partial charge is 0.307 e. The summed E-state index contributed by atoms with van der Waals surface area (Å²) in [4.78, 5) is 4.92. The summed E-state index contributed by atoms with van der Waals surface area (Å²) in [6.07, 6.45) is 11.2. The zero-order valence-electron chi connectivity index (χ0n) is 13.3. The Labute approximate surface area is 147 Å². The van der Waals surface area contributed by atoms with Crippen molar-refractivity contribution in [2.24, 2.45) is 16.6 Å². The Morgan fingerprint density at radius 1 is 1.22 bits per heavy atom. The van der Waals surface area contributed by atoms with Gasteiger partial charge in [-0.05, 0) is 50.2 Å². The zero-order valence-corrected chi connectivity index (χ0v) is 14.9. The molecule has 5 unspecified atom stereocenters. The third-order valence-electron chi connectivity index (χ3n) is 5.39. The number of aliphatic imine (C=N–C) groups is 1. The normalized spacial score (nSPS) is 41.0. The van der Waals surface area contributed by atoms with E-state index in [-0.39, 0.29) is 5.50 Å². The molecule has 3 heterocycles. The zero-order chi connectivity index (χ0) is 15.8. The second kappa shape index (κ2) is 6.89. The number of halogens is 1. The molecule has 4 N–H and O–H groups in total. The number of piperidine rings is 1. The van der Waals surface area contributed by atoms with Crippen LogP contribution in [-0.4, -0.2) is 35.2 Å². The Morgan fingerprint density at radius 3 is 2.96 bits per heavy atom. The van der Waals surface area contributed by atoms with Crippen molar-refractivity contribution >= 4 is 29.1 Å². The Morgan fingerprint density at radius 2 is 2.09 bits per heavy atom. The van der Waals surface area contributed by atoms with E-state index in [0.29, 0.717) is 23.4 Å². The maximum Gasteiger partial charge on any atom is 0.105 e. The van der Waals surface area contributed by atoms with E-state index in [0.717, 1.165) is 24.4 Å². The van der Waals surface area contributed by atoms with Crippen LogP contribution in [0.3, 0.4) is 0 Å². The quantitative estimate of drug-likeness (QED) is 0.715. The first kappa shape index (κ1) is 16.2. The first-order chi connectivity index (χ1) is 11.2. The summed E-state index contributed by atoms with van der Waals surface area (Å²) in [5.74, 6) is 0.524. The van der Waals surface area contributed by atoms with Crippen molar-refractivity contribution < 1.29 is 0 Å². The Hall–Kier alpha value is -0.330. The minimum atomic E-state index is 0.0701. The first-order valence-electron chi connectivity index (χ1n) is 8.75. The number of hydrogen-bond acceptors (Lipinski definition) is 5. The van der Waals surface area contributed by atoms with Gasteiger partial charge in [0.25, 0.3) is 0 Å². The van der Waals surface area contributed by atoms with Crippen molar-refractivity contribution in [2.75, 3.05) is 6.54 Å². The van der Waals surface area contributed by atoms with Crippen LogP contribution in [0, 0.1) is 5.92 Å². The van der Waals surface area contributed by atoms with Crippen molar-refractivity contribution in [3.63, 3.8) is 0 Å². The number of allylic oxidation sites excluding steroid dienone is 4. The van der Waals surface area contributed by atoms with Gasteiger partial charge in [0.2, 0.25) is 0 Å². The van der Waals surface area contributed by atoms with Crippen LogP contribution in [0.2, 0.25) is 0 Å².